The van der Waals surface area contributed by atoms with Crippen molar-refractivity contribution in [1.82, 2.24) is 0 Å². The van der Waals surface area contributed by atoms with Gasteiger partial charge in [0, 0.05) is 30.5 Å². The fourth-order valence-electron chi connectivity index (χ4n) is 2.84. The molecule has 0 aliphatic carbocycles. The van der Waals surface area contributed by atoms with Gasteiger partial charge in [0.2, 0.25) is 17.7 Å². The first kappa shape index (κ1) is 21.2. The monoisotopic (exact) mass is 381 g/mol. The second-order valence-electron chi connectivity index (χ2n) is 7.23. The molecule has 148 valence electrons. The van der Waals surface area contributed by atoms with Crippen molar-refractivity contribution in [2.45, 2.75) is 34.6 Å². The summed E-state index contributed by atoms with van der Waals surface area (Å²) in [6.45, 7) is 8.93. The zero-order chi connectivity index (χ0) is 20.9. The van der Waals surface area contributed by atoms with Crippen molar-refractivity contribution in [3.8, 4) is 0 Å². The van der Waals surface area contributed by atoms with E-state index in [-0.39, 0.29) is 11.8 Å². The highest BCUT2D eigenvalue weighted by atomic mass is 16.2. The van der Waals surface area contributed by atoms with Crippen molar-refractivity contribution in [3.63, 3.8) is 0 Å². The molecule has 2 rings (SSSR count). The predicted molar refractivity (Wildman–Crippen MR) is 112 cm³/mol. The van der Waals surface area contributed by atoms with Crippen LogP contribution in [0, 0.1) is 12.3 Å². The van der Waals surface area contributed by atoms with Crippen LogP contribution in [0.25, 0.3) is 0 Å². The summed E-state index contributed by atoms with van der Waals surface area (Å²) in [5.74, 6) is -0.893. The second kappa shape index (κ2) is 8.69. The molecule has 0 radical (unpaired) electrons. The molecule has 2 aromatic rings. The normalized spacial score (nSPS) is 10.9. The molecule has 3 amide bonds. The van der Waals surface area contributed by atoms with Gasteiger partial charge in [-0.1, -0.05) is 18.2 Å². The lowest BCUT2D eigenvalue weighted by Crippen LogP contribution is -2.47. The Morgan fingerprint density at radius 1 is 0.964 bits per heavy atom. The van der Waals surface area contributed by atoms with Gasteiger partial charge >= 0.3 is 0 Å². The van der Waals surface area contributed by atoms with Gasteiger partial charge in [-0.3, -0.25) is 14.4 Å². The molecule has 0 aliphatic rings. The average Bonchev–Trinajstić information content (AvgIpc) is 2.62. The molecule has 0 saturated heterocycles. The Bertz CT molecular complexity index is 890. The summed E-state index contributed by atoms with van der Waals surface area (Å²) < 4.78 is 0. The molecule has 28 heavy (non-hydrogen) atoms. The van der Waals surface area contributed by atoms with E-state index < -0.39 is 11.3 Å². The van der Waals surface area contributed by atoms with E-state index in [0.29, 0.717) is 17.9 Å². The predicted octanol–water partition coefficient (Wildman–Crippen LogP) is 3.97. The van der Waals surface area contributed by atoms with E-state index in [1.165, 1.54) is 6.92 Å². The van der Waals surface area contributed by atoms with Gasteiger partial charge in [-0.15, -0.1) is 0 Å². The number of nitrogens with zero attached hydrogens (tertiary/aromatic N) is 1. The first-order chi connectivity index (χ1) is 13.1. The zero-order valence-corrected chi connectivity index (χ0v) is 17.0. The molecule has 0 aliphatic heterocycles. The number of carbonyl (C=O) groups is 3. The summed E-state index contributed by atoms with van der Waals surface area (Å²) in [4.78, 5) is 38.9. The van der Waals surface area contributed by atoms with Crippen molar-refractivity contribution < 1.29 is 14.4 Å². The molecular formula is C22H27N3O3. The molecule has 2 N–H and O–H groups in total. The summed E-state index contributed by atoms with van der Waals surface area (Å²) in [6.07, 6.45) is 0. The Morgan fingerprint density at radius 2 is 1.57 bits per heavy atom. The van der Waals surface area contributed by atoms with Crippen molar-refractivity contribution in [3.05, 3.63) is 54.1 Å². The molecule has 0 saturated carbocycles. The van der Waals surface area contributed by atoms with Crippen LogP contribution >= 0.6 is 0 Å². The van der Waals surface area contributed by atoms with E-state index >= 15 is 0 Å². The van der Waals surface area contributed by atoms with Gasteiger partial charge < -0.3 is 15.5 Å². The highest BCUT2D eigenvalue weighted by molar-refractivity contribution is 6.15. The maximum absolute atomic E-state index is 13.2. The Labute approximate surface area is 165 Å². The Hall–Kier alpha value is -3.15. The van der Waals surface area contributed by atoms with Gasteiger partial charge in [-0.05, 0) is 63.6 Å². The molecule has 0 atom stereocenters. The molecule has 6 nitrogen and oxygen atoms in total. The second-order valence-corrected chi connectivity index (χ2v) is 7.23. The summed E-state index contributed by atoms with van der Waals surface area (Å²) in [5.41, 5.74) is 1.62. The first-order valence-corrected chi connectivity index (χ1v) is 9.23. The van der Waals surface area contributed by atoms with E-state index in [1.807, 2.05) is 38.1 Å². The van der Waals surface area contributed by atoms with Gasteiger partial charge in [0.05, 0.1) is 0 Å². The third-order valence-corrected chi connectivity index (χ3v) is 4.42. The summed E-state index contributed by atoms with van der Waals surface area (Å²) in [5, 5.41) is 5.45. The van der Waals surface area contributed by atoms with E-state index in [9.17, 15) is 14.4 Å². The fraction of sp³-hybridized carbons (Fsp3) is 0.318. The molecule has 0 fully saturated rings. The highest BCUT2D eigenvalue weighted by Crippen LogP contribution is 2.27. The third-order valence-electron chi connectivity index (χ3n) is 4.42. The zero-order valence-electron chi connectivity index (χ0n) is 17.0. The van der Waals surface area contributed by atoms with Crippen LogP contribution in [-0.4, -0.2) is 24.3 Å². The van der Waals surface area contributed by atoms with Crippen LogP contribution in [0.3, 0.4) is 0 Å². The third kappa shape index (κ3) is 4.97. The van der Waals surface area contributed by atoms with Crippen LogP contribution in [0.1, 0.15) is 33.3 Å². The van der Waals surface area contributed by atoms with E-state index in [1.54, 1.807) is 43.0 Å². The van der Waals surface area contributed by atoms with Crippen LogP contribution in [0.4, 0.5) is 17.1 Å². The molecule has 2 aromatic carbocycles. The Morgan fingerprint density at radius 3 is 2.14 bits per heavy atom. The van der Waals surface area contributed by atoms with Crippen molar-refractivity contribution in [2.75, 3.05) is 22.1 Å². The lowest BCUT2D eigenvalue weighted by Gasteiger charge is -2.30. The van der Waals surface area contributed by atoms with Gasteiger partial charge in [0.15, 0.2) is 0 Å². The van der Waals surface area contributed by atoms with Gasteiger partial charge in [-0.2, -0.15) is 0 Å². The average molecular weight is 381 g/mol. The maximum atomic E-state index is 13.2. The van der Waals surface area contributed by atoms with Gasteiger partial charge in [0.1, 0.15) is 5.41 Å². The number of amides is 3. The van der Waals surface area contributed by atoms with E-state index in [0.717, 1.165) is 11.3 Å². The Kier molecular flexibility index (Phi) is 6.57. The number of anilines is 3. The van der Waals surface area contributed by atoms with Crippen LogP contribution in [0.5, 0.6) is 0 Å². The maximum Gasteiger partial charge on any atom is 0.242 e. The molecule has 0 bridgehead atoms. The standard InChI is InChI=1S/C22H27N3O3/c1-6-25(19-12-7-9-15(2)13-19)21(28)22(4,5)20(27)24-18-11-8-10-17(14-18)23-16(3)26/h7-14H,6H2,1-5H3,(H,23,26)(H,24,27). The lowest BCUT2D eigenvalue weighted by atomic mass is 9.89. The number of rotatable bonds is 6. The van der Waals surface area contributed by atoms with E-state index in [4.69, 9.17) is 0 Å². The quantitative estimate of drug-likeness (QED) is 0.743. The first-order valence-electron chi connectivity index (χ1n) is 9.23. The number of benzene rings is 2. The number of aryl methyl sites for hydroxylation is 1. The lowest BCUT2D eigenvalue weighted by molar-refractivity contribution is -0.136. The fourth-order valence-corrected chi connectivity index (χ4v) is 2.84. The minimum Gasteiger partial charge on any atom is -0.326 e. The van der Waals surface area contributed by atoms with E-state index in [2.05, 4.69) is 10.6 Å². The highest BCUT2D eigenvalue weighted by Gasteiger charge is 2.39. The summed E-state index contributed by atoms with van der Waals surface area (Å²) in [7, 11) is 0. The minimum atomic E-state index is -1.27. The molecule has 0 heterocycles. The molecular weight excluding hydrogens is 354 g/mol. The number of carbonyl (C=O) groups excluding carboxylic acids is 3. The molecule has 0 unspecified atom stereocenters. The molecule has 6 heteroatoms. The van der Waals surface area contributed by atoms with Crippen molar-refractivity contribution in [2.24, 2.45) is 5.41 Å². The molecule has 0 spiro atoms. The molecule has 0 aromatic heterocycles. The topological polar surface area (TPSA) is 78.5 Å². The van der Waals surface area contributed by atoms with Crippen LogP contribution < -0.4 is 15.5 Å². The summed E-state index contributed by atoms with van der Waals surface area (Å²) in [6, 6.07) is 14.4. The van der Waals surface area contributed by atoms with Gasteiger partial charge in [0.25, 0.3) is 0 Å². The number of nitrogens with one attached hydrogen (secondary N) is 2. The van der Waals surface area contributed by atoms with Crippen LogP contribution in [0.15, 0.2) is 48.5 Å². The van der Waals surface area contributed by atoms with Crippen molar-refractivity contribution >= 4 is 34.8 Å². The van der Waals surface area contributed by atoms with Crippen LogP contribution in [0.2, 0.25) is 0 Å². The van der Waals surface area contributed by atoms with Crippen LogP contribution in [-0.2, 0) is 14.4 Å². The summed E-state index contributed by atoms with van der Waals surface area (Å²) >= 11 is 0. The number of hydrogen-bond acceptors (Lipinski definition) is 3. The Balaban J connectivity index is 2.21. The minimum absolute atomic E-state index is 0.198. The SMILES string of the molecule is CCN(C(=O)C(C)(C)C(=O)Nc1cccc(NC(C)=O)c1)c1cccc(C)c1. The number of hydrogen-bond donors (Lipinski definition) is 2. The van der Waals surface area contributed by atoms with Crippen molar-refractivity contribution in [1.29, 1.82) is 0 Å². The smallest absolute Gasteiger partial charge is 0.242 e. The van der Waals surface area contributed by atoms with Gasteiger partial charge in [-0.25, -0.2) is 0 Å². The largest absolute Gasteiger partial charge is 0.326 e.